The van der Waals surface area contributed by atoms with E-state index < -0.39 is 5.82 Å². The number of fused-ring (bicyclic) bond motifs is 1. The number of aliphatic hydroxyl groups is 1. The van der Waals surface area contributed by atoms with Crippen molar-refractivity contribution in [2.24, 2.45) is 0 Å². The molecule has 8 heteroatoms. The number of nitrogens with zero attached hydrogens (tertiary/aromatic N) is 5. The smallest absolute Gasteiger partial charge is 0.212 e. The maximum Gasteiger partial charge on any atom is 0.212 e. The number of hydrogen-bond donors (Lipinski definition) is 2. The molecule has 7 nitrogen and oxygen atoms in total. The van der Waals surface area contributed by atoms with E-state index in [-0.39, 0.29) is 12.2 Å². The molecular formula is C26H25FN6O. The number of rotatable bonds is 5. The summed E-state index contributed by atoms with van der Waals surface area (Å²) in [6.07, 6.45) is 4.61. The molecule has 0 spiro atoms. The summed E-state index contributed by atoms with van der Waals surface area (Å²) in [5, 5.41) is 22.2. The van der Waals surface area contributed by atoms with Crippen molar-refractivity contribution < 1.29 is 9.50 Å². The van der Waals surface area contributed by atoms with Crippen LogP contribution in [0.25, 0.3) is 28.0 Å². The first-order valence-corrected chi connectivity index (χ1v) is 11.2. The lowest BCUT2D eigenvalue weighted by Crippen LogP contribution is -2.31. The lowest BCUT2D eigenvalue weighted by Gasteiger charge is -2.22. The predicted octanol–water partition coefficient (Wildman–Crippen LogP) is 3.67. The standard InChI is InChI=1S/C26H25FN6O/c1-16-11-19(12-22(27)21(16)15-34)23-24(18-5-3-17(13-28)4-6-18)31-26(33-10-8-30-25(23)33)32-9-7-20(14-32)29-2/h3-6,8,10-12,20,29,34H,7,9,14-15H2,1-2H3. The lowest BCUT2D eigenvalue weighted by atomic mass is 9.96. The Hall–Kier alpha value is -3.80. The molecule has 5 rings (SSSR count). The Morgan fingerprint density at radius 3 is 2.68 bits per heavy atom. The molecule has 0 bridgehead atoms. The number of likely N-dealkylation sites (N-methyl/N-ethyl adjacent to an activating group) is 1. The Kier molecular flexibility index (Phi) is 5.74. The quantitative estimate of drug-likeness (QED) is 0.476. The second kappa shape index (κ2) is 8.86. The van der Waals surface area contributed by atoms with E-state index in [0.29, 0.717) is 39.6 Å². The van der Waals surface area contributed by atoms with Gasteiger partial charge in [-0.1, -0.05) is 18.2 Å². The van der Waals surface area contributed by atoms with Crippen molar-refractivity contribution in [1.82, 2.24) is 19.7 Å². The molecule has 2 aromatic heterocycles. The Labute approximate surface area is 197 Å². The molecular weight excluding hydrogens is 431 g/mol. The number of imidazole rings is 1. The zero-order valence-corrected chi connectivity index (χ0v) is 19.1. The summed E-state index contributed by atoms with van der Waals surface area (Å²) >= 11 is 0. The molecule has 0 saturated carbocycles. The summed E-state index contributed by atoms with van der Waals surface area (Å²) in [6.45, 7) is 3.10. The van der Waals surface area contributed by atoms with Crippen LogP contribution in [0.5, 0.6) is 0 Å². The Bertz CT molecular complexity index is 1380. The van der Waals surface area contributed by atoms with Crippen LogP contribution in [0.15, 0.2) is 48.8 Å². The molecule has 3 heterocycles. The summed E-state index contributed by atoms with van der Waals surface area (Å²) in [5.74, 6) is 0.311. The molecule has 0 aliphatic carbocycles. The van der Waals surface area contributed by atoms with Crippen molar-refractivity contribution in [2.45, 2.75) is 26.0 Å². The van der Waals surface area contributed by atoms with Crippen LogP contribution in [0.4, 0.5) is 10.3 Å². The number of aliphatic hydroxyl groups excluding tert-OH is 1. The van der Waals surface area contributed by atoms with Crippen LogP contribution in [0.1, 0.15) is 23.1 Å². The van der Waals surface area contributed by atoms with Gasteiger partial charge in [-0.25, -0.2) is 14.4 Å². The molecule has 2 N–H and O–H groups in total. The Morgan fingerprint density at radius 1 is 1.24 bits per heavy atom. The normalized spacial score (nSPS) is 15.7. The summed E-state index contributed by atoms with van der Waals surface area (Å²) in [5.41, 5.74) is 4.99. The van der Waals surface area contributed by atoms with Gasteiger partial charge in [0.25, 0.3) is 0 Å². The number of benzene rings is 2. The van der Waals surface area contributed by atoms with E-state index in [4.69, 9.17) is 4.98 Å². The van der Waals surface area contributed by atoms with E-state index in [1.807, 2.05) is 35.8 Å². The van der Waals surface area contributed by atoms with Crippen LogP contribution >= 0.6 is 0 Å². The average molecular weight is 457 g/mol. The number of halogens is 1. The SMILES string of the molecule is CNC1CCN(c2nc(-c3ccc(C#N)cc3)c(-c3cc(C)c(CO)c(F)c3)c3nccn23)C1. The Morgan fingerprint density at radius 2 is 2.03 bits per heavy atom. The fraction of sp³-hybridized carbons (Fsp3) is 0.269. The number of anilines is 1. The molecule has 1 aliphatic rings. The zero-order valence-electron chi connectivity index (χ0n) is 19.1. The van der Waals surface area contributed by atoms with E-state index in [9.17, 15) is 14.8 Å². The third-order valence-electron chi connectivity index (χ3n) is 6.56. The third kappa shape index (κ3) is 3.69. The van der Waals surface area contributed by atoms with Crippen molar-refractivity contribution in [2.75, 3.05) is 25.0 Å². The van der Waals surface area contributed by atoms with E-state index in [1.165, 1.54) is 6.07 Å². The summed E-state index contributed by atoms with van der Waals surface area (Å²) in [7, 11) is 1.96. The van der Waals surface area contributed by atoms with Gasteiger partial charge in [0.1, 0.15) is 11.5 Å². The monoisotopic (exact) mass is 456 g/mol. The molecule has 4 aromatic rings. The van der Waals surface area contributed by atoms with Crippen molar-refractivity contribution in [3.63, 3.8) is 0 Å². The first kappa shape index (κ1) is 22.0. The number of aryl methyl sites for hydroxylation is 1. The number of nitriles is 1. The fourth-order valence-corrected chi connectivity index (χ4v) is 4.66. The van der Waals surface area contributed by atoms with Gasteiger partial charge in [-0.05, 0) is 49.7 Å². The van der Waals surface area contributed by atoms with E-state index in [0.717, 1.165) is 31.0 Å². The van der Waals surface area contributed by atoms with Gasteiger partial charge in [-0.2, -0.15) is 5.26 Å². The molecule has 0 amide bonds. The van der Waals surface area contributed by atoms with Crippen molar-refractivity contribution >= 4 is 11.6 Å². The van der Waals surface area contributed by atoms with Crippen LogP contribution in [0.2, 0.25) is 0 Å². The minimum atomic E-state index is -0.464. The molecule has 0 radical (unpaired) electrons. The highest BCUT2D eigenvalue weighted by Crippen LogP contribution is 2.38. The molecule has 1 unspecified atom stereocenters. The van der Waals surface area contributed by atoms with Crippen molar-refractivity contribution in [3.05, 3.63) is 71.3 Å². The van der Waals surface area contributed by atoms with Gasteiger partial charge < -0.3 is 15.3 Å². The largest absolute Gasteiger partial charge is 0.392 e. The second-order valence-corrected chi connectivity index (χ2v) is 8.58. The summed E-state index contributed by atoms with van der Waals surface area (Å²) in [4.78, 5) is 12.0. The van der Waals surface area contributed by atoms with Gasteiger partial charge in [0.05, 0.1) is 29.5 Å². The predicted molar refractivity (Wildman–Crippen MR) is 129 cm³/mol. The van der Waals surface area contributed by atoms with Gasteiger partial charge in [-0.15, -0.1) is 0 Å². The maximum absolute atomic E-state index is 14.9. The van der Waals surface area contributed by atoms with Gasteiger partial charge in [0.2, 0.25) is 5.95 Å². The van der Waals surface area contributed by atoms with Crippen molar-refractivity contribution in [1.29, 1.82) is 5.26 Å². The number of nitrogens with one attached hydrogen (secondary N) is 1. The van der Waals surface area contributed by atoms with Crippen LogP contribution in [-0.4, -0.2) is 45.7 Å². The van der Waals surface area contributed by atoms with Gasteiger partial charge in [0.15, 0.2) is 0 Å². The highest BCUT2D eigenvalue weighted by atomic mass is 19.1. The molecule has 1 atom stereocenters. The van der Waals surface area contributed by atoms with Gasteiger partial charge in [0, 0.05) is 42.7 Å². The van der Waals surface area contributed by atoms with E-state index >= 15 is 0 Å². The third-order valence-corrected chi connectivity index (χ3v) is 6.56. The minimum Gasteiger partial charge on any atom is -0.392 e. The Balaban J connectivity index is 1.78. The summed E-state index contributed by atoms with van der Waals surface area (Å²) < 4.78 is 16.9. The highest BCUT2D eigenvalue weighted by molar-refractivity contribution is 5.91. The molecule has 1 saturated heterocycles. The molecule has 1 aliphatic heterocycles. The van der Waals surface area contributed by atoms with Crippen LogP contribution < -0.4 is 10.2 Å². The highest BCUT2D eigenvalue weighted by Gasteiger charge is 2.27. The molecule has 1 fully saturated rings. The fourth-order valence-electron chi connectivity index (χ4n) is 4.66. The first-order chi connectivity index (χ1) is 16.5. The average Bonchev–Trinajstić information content (AvgIpc) is 3.53. The topological polar surface area (TPSA) is 89.5 Å². The van der Waals surface area contributed by atoms with E-state index in [1.54, 1.807) is 25.3 Å². The first-order valence-electron chi connectivity index (χ1n) is 11.2. The van der Waals surface area contributed by atoms with E-state index in [2.05, 4.69) is 21.3 Å². The summed E-state index contributed by atoms with van der Waals surface area (Å²) in [6, 6.07) is 13.0. The molecule has 2 aromatic carbocycles. The molecule has 34 heavy (non-hydrogen) atoms. The lowest BCUT2D eigenvalue weighted by molar-refractivity contribution is 0.275. The van der Waals surface area contributed by atoms with Gasteiger partial charge in [-0.3, -0.25) is 4.40 Å². The zero-order chi connectivity index (χ0) is 23.8. The van der Waals surface area contributed by atoms with Crippen LogP contribution in [0.3, 0.4) is 0 Å². The minimum absolute atomic E-state index is 0.280. The molecule has 172 valence electrons. The van der Waals surface area contributed by atoms with Crippen molar-refractivity contribution in [3.8, 4) is 28.5 Å². The van der Waals surface area contributed by atoms with Crippen LogP contribution in [-0.2, 0) is 6.61 Å². The maximum atomic E-state index is 14.9. The number of hydrogen-bond acceptors (Lipinski definition) is 6. The number of aromatic nitrogens is 3. The van der Waals surface area contributed by atoms with Crippen LogP contribution in [0, 0.1) is 24.1 Å². The van der Waals surface area contributed by atoms with Gasteiger partial charge >= 0.3 is 0 Å². The second-order valence-electron chi connectivity index (χ2n) is 8.58.